The second-order valence-electron chi connectivity index (χ2n) is 5.58. The maximum atomic E-state index is 12.1. The third-order valence-corrected chi connectivity index (χ3v) is 3.99. The number of carbonyl (C=O) groups excluding carboxylic acids is 1. The summed E-state index contributed by atoms with van der Waals surface area (Å²) in [6, 6.07) is 0.141. The number of urea groups is 1. The van der Waals surface area contributed by atoms with E-state index in [0.29, 0.717) is 30.7 Å². The van der Waals surface area contributed by atoms with E-state index >= 15 is 0 Å². The summed E-state index contributed by atoms with van der Waals surface area (Å²) in [5, 5.41) is 10.9. The molecule has 2 amide bonds. The Hall–Kier alpha value is -1.59. The molecular formula is C14H24N4O2. The predicted molar refractivity (Wildman–Crippen MR) is 75.1 cm³/mol. The van der Waals surface area contributed by atoms with Crippen molar-refractivity contribution in [2.45, 2.75) is 58.5 Å². The standard InChI is InChI=1S/C14H24N4O2/c1-4-12-16-17-13(20-12)9-18(3)14(19)15-10(2)11-7-5-6-8-11/h10-11H,4-9H2,1-3H3,(H,15,19)/t10-/m0/s1. The summed E-state index contributed by atoms with van der Waals surface area (Å²) in [7, 11) is 1.74. The third-order valence-electron chi connectivity index (χ3n) is 3.99. The van der Waals surface area contributed by atoms with Crippen LogP contribution in [0.4, 0.5) is 4.79 Å². The second kappa shape index (κ2) is 6.72. The second-order valence-corrected chi connectivity index (χ2v) is 5.58. The lowest BCUT2D eigenvalue weighted by molar-refractivity contribution is 0.193. The largest absolute Gasteiger partial charge is 0.423 e. The molecule has 0 saturated heterocycles. The van der Waals surface area contributed by atoms with Crippen LogP contribution in [-0.2, 0) is 13.0 Å². The monoisotopic (exact) mass is 280 g/mol. The van der Waals surface area contributed by atoms with Crippen LogP contribution in [0, 0.1) is 5.92 Å². The Kier molecular flexibility index (Phi) is 4.98. The molecule has 6 nitrogen and oxygen atoms in total. The van der Waals surface area contributed by atoms with E-state index < -0.39 is 0 Å². The molecule has 6 heteroatoms. The van der Waals surface area contributed by atoms with Gasteiger partial charge < -0.3 is 14.6 Å². The van der Waals surface area contributed by atoms with Crippen LogP contribution in [0.2, 0.25) is 0 Å². The van der Waals surface area contributed by atoms with Gasteiger partial charge in [-0.15, -0.1) is 10.2 Å². The number of hydrogen-bond donors (Lipinski definition) is 1. The number of carbonyl (C=O) groups is 1. The van der Waals surface area contributed by atoms with Gasteiger partial charge in [0.25, 0.3) is 0 Å². The Morgan fingerprint density at radius 2 is 2.05 bits per heavy atom. The Morgan fingerprint density at radius 1 is 1.40 bits per heavy atom. The summed E-state index contributed by atoms with van der Waals surface area (Å²) in [6.07, 6.45) is 5.70. The maximum Gasteiger partial charge on any atom is 0.317 e. The Balaban J connectivity index is 1.81. The molecule has 1 atom stereocenters. The van der Waals surface area contributed by atoms with E-state index in [-0.39, 0.29) is 12.1 Å². The molecule has 0 unspecified atom stereocenters. The molecule has 1 N–H and O–H groups in total. The van der Waals surface area contributed by atoms with Crippen molar-refractivity contribution in [2.75, 3.05) is 7.05 Å². The SMILES string of the molecule is CCc1nnc(CN(C)C(=O)N[C@@H](C)C2CCCC2)o1. The molecule has 1 aliphatic carbocycles. The van der Waals surface area contributed by atoms with Crippen molar-refractivity contribution in [3.8, 4) is 0 Å². The van der Waals surface area contributed by atoms with Gasteiger partial charge >= 0.3 is 6.03 Å². The highest BCUT2D eigenvalue weighted by Gasteiger charge is 2.24. The highest BCUT2D eigenvalue weighted by molar-refractivity contribution is 5.74. The van der Waals surface area contributed by atoms with E-state index in [4.69, 9.17) is 4.42 Å². The van der Waals surface area contributed by atoms with E-state index in [2.05, 4.69) is 22.4 Å². The van der Waals surface area contributed by atoms with Crippen LogP contribution in [0.1, 0.15) is 51.3 Å². The van der Waals surface area contributed by atoms with E-state index in [1.807, 2.05) is 6.92 Å². The molecule has 1 aliphatic rings. The fourth-order valence-electron chi connectivity index (χ4n) is 2.65. The average molecular weight is 280 g/mol. The Morgan fingerprint density at radius 3 is 2.65 bits per heavy atom. The van der Waals surface area contributed by atoms with Crippen molar-refractivity contribution < 1.29 is 9.21 Å². The minimum atomic E-state index is -0.0827. The smallest absolute Gasteiger partial charge is 0.317 e. The number of aryl methyl sites for hydroxylation is 1. The Bertz CT molecular complexity index is 440. The van der Waals surface area contributed by atoms with Gasteiger partial charge in [-0.2, -0.15) is 0 Å². The lowest BCUT2D eigenvalue weighted by Gasteiger charge is -2.24. The number of aromatic nitrogens is 2. The first kappa shape index (κ1) is 14.8. The van der Waals surface area contributed by atoms with E-state index in [1.165, 1.54) is 25.7 Å². The molecule has 2 rings (SSSR count). The van der Waals surface area contributed by atoms with Crippen molar-refractivity contribution in [1.82, 2.24) is 20.4 Å². The highest BCUT2D eigenvalue weighted by atomic mass is 16.4. The number of nitrogens with zero attached hydrogens (tertiary/aromatic N) is 3. The third kappa shape index (κ3) is 3.71. The molecule has 0 bridgehead atoms. The molecule has 0 radical (unpaired) electrons. The fourth-order valence-corrected chi connectivity index (χ4v) is 2.65. The van der Waals surface area contributed by atoms with Crippen molar-refractivity contribution in [1.29, 1.82) is 0 Å². The van der Waals surface area contributed by atoms with Crippen molar-refractivity contribution in [2.24, 2.45) is 5.92 Å². The molecule has 112 valence electrons. The molecule has 0 aliphatic heterocycles. The summed E-state index contributed by atoms with van der Waals surface area (Å²) in [5.74, 6) is 1.70. The first-order chi connectivity index (χ1) is 9.60. The molecule has 0 spiro atoms. The lowest BCUT2D eigenvalue weighted by atomic mass is 10.0. The van der Waals surface area contributed by atoms with Gasteiger partial charge in [0.05, 0.1) is 0 Å². The highest BCUT2D eigenvalue weighted by Crippen LogP contribution is 2.27. The van der Waals surface area contributed by atoms with Crippen molar-refractivity contribution in [3.63, 3.8) is 0 Å². The van der Waals surface area contributed by atoms with Crippen LogP contribution < -0.4 is 5.32 Å². The zero-order chi connectivity index (χ0) is 14.5. The van der Waals surface area contributed by atoms with E-state index in [0.717, 1.165) is 0 Å². The van der Waals surface area contributed by atoms with Crippen molar-refractivity contribution >= 4 is 6.03 Å². The molecular weight excluding hydrogens is 256 g/mol. The summed E-state index contributed by atoms with van der Waals surface area (Å²) in [4.78, 5) is 13.7. The minimum Gasteiger partial charge on any atom is -0.423 e. The van der Waals surface area contributed by atoms with Gasteiger partial charge in [-0.25, -0.2) is 4.79 Å². The van der Waals surface area contributed by atoms with E-state index in [1.54, 1.807) is 11.9 Å². The van der Waals surface area contributed by atoms with Crippen LogP contribution in [-0.4, -0.2) is 34.2 Å². The van der Waals surface area contributed by atoms with Gasteiger partial charge in [0.1, 0.15) is 6.54 Å². The van der Waals surface area contributed by atoms with Crippen molar-refractivity contribution in [3.05, 3.63) is 11.8 Å². The number of nitrogens with one attached hydrogen (secondary N) is 1. The molecule has 20 heavy (non-hydrogen) atoms. The quantitative estimate of drug-likeness (QED) is 0.898. The summed E-state index contributed by atoms with van der Waals surface area (Å²) in [5.41, 5.74) is 0. The molecule has 1 fully saturated rings. The first-order valence-electron chi connectivity index (χ1n) is 7.43. The van der Waals surface area contributed by atoms with E-state index in [9.17, 15) is 4.79 Å². The predicted octanol–water partition coefficient (Wildman–Crippen LogP) is 2.35. The topological polar surface area (TPSA) is 71.3 Å². The van der Waals surface area contributed by atoms with Gasteiger partial charge in [-0.3, -0.25) is 0 Å². The van der Waals surface area contributed by atoms with Gasteiger partial charge in [-0.05, 0) is 25.7 Å². The van der Waals surface area contributed by atoms with Crippen LogP contribution >= 0.6 is 0 Å². The normalized spacial score (nSPS) is 17.1. The lowest BCUT2D eigenvalue weighted by Crippen LogP contribution is -2.44. The molecule has 0 aromatic carbocycles. The molecule has 1 aromatic heterocycles. The first-order valence-corrected chi connectivity index (χ1v) is 7.43. The van der Waals surface area contributed by atoms with Crippen LogP contribution in [0.3, 0.4) is 0 Å². The van der Waals surface area contributed by atoms with Crippen LogP contribution in [0.15, 0.2) is 4.42 Å². The summed E-state index contributed by atoms with van der Waals surface area (Å²) < 4.78 is 5.41. The number of rotatable bonds is 5. The molecule has 1 heterocycles. The van der Waals surface area contributed by atoms with Gasteiger partial charge in [0.15, 0.2) is 0 Å². The fraction of sp³-hybridized carbons (Fsp3) is 0.786. The summed E-state index contributed by atoms with van der Waals surface area (Å²) in [6.45, 7) is 4.39. The van der Waals surface area contributed by atoms with Crippen LogP contribution in [0.5, 0.6) is 0 Å². The van der Waals surface area contributed by atoms with Gasteiger partial charge in [0, 0.05) is 19.5 Å². The average Bonchev–Trinajstić information content (AvgIpc) is 3.09. The summed E-state index contributed by atoms with van der Waals surface area (Å²) >= 11 is 0. The zero-order valence-corrected chi connectivity index (χ0v) is 12.6. The molecule has 1 aromatic rings. The van der Waals surface area contributed by atoms with Gasteiger partial charge in [-0.1, -0.05) is 19.8 Å². The molecule has 1 saturated carbocycles. The number of hydrogen-bond acceptors (Lipinski definition) is 4. The van der Waals surface area contributed by atoms with Gasteiger partial charge in [0.2, 0.25) is 11.8 Å². The maximum absolute atomic E-state index is 12.1. The minimum absolute atomic E-state index is 0.0827. The zero-order valence-electron chi connectivity index (χ0n) is 12.6. The van der Waals surface area contributed by atoms with Crippen LogP contribution in [0.25, 0.3) is 0 Å². The Labute approximate surface area is 119 Å². The number of amides is 2.